The Balaban J connectivity index is 1.83. The fraction of sp³-hybridized carbons (Fsp3) is 0.143. The molecular weight excluding hydrogens is 326 g/mol. The van der Waals surface area contributed by atoms with Gasteiger partial charge in [0, 0.05) is 10.6 Å². The van der Waals surface area contributed by atoms with Crippen LogP contribution in [0.4, 0.5) is 11.5 Å². The van der Waals surface area contributed by atoms with Crippen LogP contribution in [0.1, 0.15) is 17.0 Å². The SMILES string of the molecule is Cc1ccc(C)c(Nc2nc(C)nc3sc(-c4ccccc4)cc23)c1. The lowest BCUT2D eigenvalue weighted by molar-refractivity contribution is 1.10. The molecule has 0 saturated carbocycles. The number of benzene rings is 2. The van der Waals surface area contributed by atoms with E-state index in [1.54, 1.807) is 11.3 Å². The molecule has 25 heavy (non-hydrogen) atoms. The van der Waals surface area contributed by atoms with Gasteiger partial charge in [0.15, 0.2) is 0 Å². The Labute approximate surface area is 151 Å². The minimum Gasteiger partial charge on any atom is -0.339 e. The van der Waals surface area contributed by atoms with Gasteiger partial charge in [-0.15, -0.1) is 11.3 Å². The lowest BCUT2D eigenvalue weighted by Crippen LogP contribution is -1.99. The third kappa shape index (κ3) is 3.13. The van der Waals surface area contributed by atoms with Crippen LogP contribution in [0.2, 0.25) is 0 Å². The summed E-state index contributed by atoms with van der Waals surface area (Å²) in [5.74, 6) is 1.65. The van der Waals surface area contributed by atoms with Crippen molar-refractivity contribution in [1.82, 2.24) is 9.97 Å². The molecule has 2 heterocycles. The molecule has 0 aliphatic heterocycles. The molecule has 4 rings (SSSR count). The number of aromatic nitrogens is 2. The zero-order chi connectivity index (χ0) is 17.4. The van der Waals surface area contributed by atoms with Gasteiger partial charge in [-0.25, -0.2) is 9.97 Å². The van der Waals surface area contributed by atoms with Gasteiger partial charge in [-0.05, 0) is 49.6 Å². The van der Waals surface area contributed by atoms with Gasteiger partial charge in [0.1, 0.15) is 16.5 Å². The number of rotatable bonds is 3. The number of hydrogen-bond donors (Lipinski definition) is 1. The maximum Gasteiger partial charge on any atom is 0.142 e. The Morgan fingerprint density at radius 3 is 2.48 bits per heavy atom. The number of thiophene rings is 1. The first-order chi connectivity index (χ1) is 12.1. The van der Waals surface area contributed by atoms with Gasteiger partial charge in [-0.1, -0.05) is 42.5 Å². The van der Waals surface area contributed by atoms with Crippen molar-refractivity contribution < 1.29 is 0 Å². The summed E-state index contributed by atoms with van der Waals surface area (Å²) in [5.41, 5.74) is 4.73. The standard InChI is InChI=1S/C21H19N3S/c1-13-9-10-14(2)18(11-13)24-20-17-12-19(16-7-5-4-6-8-16)25-21(17)23-15(3)22-20/h4-12H,1-3H3,(H,22,23,24). The minimum absolute atomic E-state index is 0.779. The van der Waals surface area contributed by atoms with E-state index in [-0.39, 0.29) is 0 Å². The lowest BCUT2D eigenvalue weighted by Gasteiger charge is -2.11. The third-order valence-corrected chi connectivity index (χ3v) is 5.29. The maximum atomic E-state index is 4.66. The normalized spacial score (nSPS) is 11.0. The Morgan fingerprint density at radius 2 is 1.68 bits per heavy atom. The molecule has 4 aromatic rings. The summed E-state index contributed by atoms with van der Waals surface area (Å²) in [6.45, 7) is 6.15. The van der Waals surface area contributed by atoms with Crippen molar-refractivity contribution in [3.05, 3.63) is 71.5 Å². The van der Waals surface area contributed by atoms with Gasteiger partial charge < -0.3 is 5.32 Å². The molecule has 124 valence electrons. The highest BCUT2D eigenvalue weighted by Crippen LogP contribution is 2.36. The predicted octanol–water partition coefficient (Wildman–Crippen LogP) is 6.03. The van der Waals surface area contributed by atoms with Crippen LogP contribution in [0.3, 0.4) is 0 Å². The lowest BCUT2D eigenvalue weighted by atomic mass is 10.1. The summed E-state index contributed by atoms with van der Waals surface area (Å²) in [6, 6.07) is 19.0. The van der Waals surface area contributed by atoms with E-state index in [9.17, 15) is 0 Å². The Morgan fingerprint density at radius 1 is 0.880 bits per heavy atom. The van der Waals surface area contributed by atoms with E-state index in [0.717, 1.165) is 27.5 Å². The van der Waals surface area contributed by atoms with Gasteiger partial charge in [0.25, 0.3) is 0 Å². The summed E-state index contributed by atoms with van der Waals surface area (Å²) in [7, 11) is 0. The van der Waals surface area contributed by atoms with E-state index in [1.165, 1.54) is 21.6 Å². The number of nitrogens with one attached hydrogen (secondary N) is 1. The van der Waals surface area contributed by atoms with Crippen LogP contribution >= 0.6 is 11.3 Å². The largest absolute Gasteiger partial charge is 0.339 e. The van der Waals surface area contributed by atoms with E-state index in [0.29, 0.717) is 0 Å². The fourth-order valence-corrected chi connectivity index (χ4v) is 3.95. The quantitative estimate of drug-likeness (QED) is 0.493. The summed E-state index contributed by atoms with van der Waals surface area (Å²) in [4.78, 5) is 11.5. The van der Waals surface area contributed by atoms with Gasteiger partial charge in [-0.2, -0.15) is 0 Å². The number of anilines is 2. The summed E-state index contributed by atoms with van der Waals surface area (Å²) in [6.07, 6.45) is 0. The van der Waals surface area contributed by atoms with Crippen molar-refractivity contribution in [2.45, 2.75) is 20.8 Å². The number of hydrogen-bond acceptors (Lipinski definition) is 4. The van der Waals surface area contributed by atoms with Crippen molar-refractivity contribution in [1.29, 1.82) is 0 Å². The molecule has 0 saturated heterocycles. The molecule has 0 bridgehead atoms. The smallest absolute Gasteiger partial charge is 0.142 e. The van der Waals surface area contributed by atoms with E-state index in [1.807, 2.05) is 13.0 Å². The Kier molecular flexibility index (Phi) is 3.98. The first-order valence-corrected chi connectivity index (χ1v) is 9.10. The Bertz CT molecular complexity index is 1050. The highest BCUT2D eigenvalue weighted by atomic mass is 32.1. The number of fused-ring (bicyclic) bond motifs is 1. The van der Waals surface area contributed by atoms with Crippen molar-refractivity contribution >= 4 is 33.1 Å². The van der Waals surface area contributed by atoms with Crippen LogP contribution in [-0.4, -0.2) is 9.97 Å². The van der Waals surface area contributed by atoms with Crippen molar-refractivity contribution in [2.75, 3.05) is 5.32 Å². The van der Waals surface area contributed by atoms with Gasteiger partial charge in [-0.3, -0.25) is 0 Å². The van der Waals surface area contributed by atoms with Crippen LogP contribution in [0.15, 0.2) is 54.6 Å². The zero-order valence-electron chi connectivity index (χ0n) is 14.5. The Hall–Kier alpha value is -2.72. The second-order valence-corrected chi connectivity index (χ2v) is 7.29. The van der Waals surface area contributed by atoms with E-state index in [4.69, 9.17) is 0 Å². The zero-order valence-corrected chi connectivity index (χ0v) is 15.3. The van der Waals surface area contributed by atoms with Crippen molar-refractivity contribution in [2.24, 2.45) is 0 Å². The van der Waals surface area contributed by atoms with E-state index >= 15 is 0 Å². The molecule has 2 aromatic carbocycles. The molecule has 1 N–H and O–H groups in total. The molecule has 0 amide bonds. The molecule has 0 unspecified atom stereocenters. The molecule has 0 aliphatic rings. The molecule has 0 fully saturated rings. The summed E-state index contributed by atoms with van der Waals surface area (Å²) >= 11 is 1.71. The second-order valence-electron chi connectivity index (χ2n) is 6.26. The fourth-order valence-electron chi connectivity index (χ4n) is 2.87. The van der Waals surface area contributed by atoms with Crippen LogP contribution in [0.5, 0.6) is 0 Å². The van der Waals surface area contributed by atoms with Gasteiger partial charge >= 0.3 is 0 Å². The van der Waals surface area contributed by atoms with Crippen LogP contribution < -0.4 is 5.32 Å². The van der Waals surface area contributed by atoms with Crippen LogP contribution in [0.25, 0.3) is 20.7 Å². The summed E-state index contributed by atoms with van der Waals surface area (Å²) in [5, 5.41) is 4.58. The topological polar surface area (TPSA) is 37.8 Å². The predicted molar refractivity (Wildman–Crippen MR) is 107 cm³/mol. The molecule has 2 aromatic heterocycles. The number of aryl methyl sites for hydroxylation is 3. The van der Waals surface area contributed by atoms with Crippen molar-refractivity contribution in [3.63, 3.8) is 0 Å². The summed E-state index contributed by atoms with van der Waals surface area (Å²) < 4.78 is 0. The molecule has 0 aliphatic carbocycles. The molecule has 3 nitrogen and oxygen atoms in total. The highest BCUT2D eigenvalue weighted by Gasteiger charge is 2.12. The van der Waals surface area contributed by atoms with Gasteiger partial charge in [0.2, 0.25) is 0 Å². The first-order valence-electron chi connectivity index (χ1n) is 8.28. The van der Waals surface area contributed by atoms with E-state index < -0.39 is 0 Å². The van der Waals surface area contributed by atoms with Crippen LogP contribution in [-0.2, 0) is 0 Å². The van der Waals surface area contributed by atoms with Crippen molar-refractivity contribution in [3.8, 4) is 10.4 Å². The second kappa shape index (κ2) is 6.30. The highest BCUT2D eigenvalue weighted by molar-refractivity contribution is 7.21. The third-order valence-electron chi connectivity index (χ3n) is 4.21. The molecule has 0 atom stereocenters. The monoisotopic (exact) mass is 345 g/mol. The molecule has 0 spiro atoms. The average Bonchev–Trinajstić information content (AvgIpc) is 3.03. The van der Waals surface area contributed by atoms with Gasteiger partial charge in [0.05, 0.1) is 5.39 Å². The number of nitrogens with zero attached hydrogens (tertiary/aromatic N) is 2. The minimum atomic E-state index is 0.779. The van der Waals surface area contributed by atoms with E-state index in [2.05, 4.69) is 77.7 Å². The molecular formula is C21H19N3S. The van der Waals surface area contributed by atoms with Crippen LogP contribution in [0, 0.1) is 20.8 Å². The molecule has 0 radical (unpaired) electrons. The molecule has 4 heteroatoms. The average molecular weight is 345 g/mol. The first kappa shape index (κ1) is 15.8. The maximum absolute atomic E-state index is 4.66.